The van der Waals surface area contributed by atoms with Gasteiger partial charge in [0, 0.05) is 11.8 Å². The molecule has 4 nitrogen and oxygen atoms in total. The van der Waals surface area contributed by atoms with Crippen LogP contribution >= 0.6 is 0 Å². The molecule has 16 heavy (non-hydrogen) atoms. The third kappa shape index (κ3) is 1.62. The van der Waals surface area contributed by atoms with Crippen LogP contribution < -0.4 is 5.32 Å². The van der Waals surface area contributed by atoms with Gasteiger partial charge in [-0.1, -0.05) is 0 Å². The summed E-state index contributed by atoms with van der Waals surface area (Å²) in [6.45, 7) is 0. The quantitative estimate of drug-likeness (QED) is 0.707. The van der Waals surface area contributed by atoms with E-state index in [0.717, 1.165) is 12.1 Å². The molecule has 1 atom stereocenters. The molecule has 1 aromatic rings. The second-order valence-corrected chi connectivity index (χ2v) is 3.51. The number of amides is 1. The van der Waals surface area contributed by atoms with Crippen LogP contribution in [-0.2, 0) is 16.0 Å². The Kier molecular flexibility index (Phi) is 2.34. The van der Waals surface area contributed by atoms with Crippen molar-refractivity contribution >= 4 is 17.6 Å². The zero-order valence-electron chi connectivity index (χ0n) is 7.96. The van der Waals surface area contributed by atoms with E-state index in [1.165, 1.54) is 0 Å². The Hall–Kier alpha value is -1.98. The van der Waals surface area contributed by atoms with Gasteiger partial charge in [0.05, 0.1) is 0 Å². The Balaban J connectivity index is 2.43. The summed E-state index contributed by atoms with van der Waals surface area (Å²) in [5.74, 6) is -5.39. The van der Waals surface area contributed by atoms with Gasteiger partial charge in [0.25, 0.3) is 0 Å². The van der Waals surface area contributed by atoms with Crippen molar-refractivity contribution < 1.29 is 23.5 Å². The predicted octanol–water partition coefficient (Wildman–Crippen LogP) is 1.16. The van der Waals surface area contributed by atoms with E-state index in [1.54, 1.807) is 0 Å². The molecule has 0 fully saturated rings. The fourth-order valence-electron chi connectivity index (χ4n) is 1.61. The number of aliphatic carboxylic acids is 1. The number of carboxylic acids is 1. The molecule has 0 radical (unpaired) electrons. The first-order chi connectivity index (χ1) is 7.49. The molecule has 0 saturated carbocycles. The molecule has 1 unspecified atom stereocenters. The maximum Gasteiger partial charge on any atom is 0.316 e. The Labute approximate surface area is 88.9 Å². The van der Waals surface area contributed by atoms with Crippen LogP contribution in [0.1, 0.15) is 5.56 Å². The fraction of sp³-hybridized carbons (Fsp3) is 0.200. The Morgan fingerprint density at radius 1 is 1.38 bits per heavy atom. The number of nitrogens with one attached hydrogen (secondary N) is 1. The van der Waals surface area contributed by atoms with Crippen molar-refractivity contribution in [3.63, 3.8) is 0 Å². The molecule has 1 amide bonds. The van der Waals surface area contributed by atoms with E-state index < -0.39 is 29.4 Å². The van der Waals surface area contributed by atoms with Gasteiger partial charge in [0.1, 0.15) is 5.92 Å². The number of carbonyl (C=O) groups excluding carboxylic acids is 1. The van der Waals surface area contributed by atoms with Crippen LogP contribution in [0, 0.1) is 17.6 Å². The third-order valence-electron chi connectivity index (χ3n) is 2.44. The maximum atomic E-state index is 12.9. The molecule has 0 aliphatic carbocycles. The Morgan fingerprint density at radius 2 is 2.00 bits per heavy atom. The number of halogens is 2. The normalized spacial score (nSPS) is 18.9. The van der Waals surface area contributed by atoms with Crippen LogP contribution in [0.25, 0.3) is 0 Å². The fourth-order valence-corrected chi connectivity index (χ4v) is 1.61. The minimum absolute atomic E-state index is 0.126. The number of benzene rings is 1. The summed E-state index contributed by atoms with van der Waals surface area (Å²) in [6.07, 6.45) is -0.131. The first-order valence-electron chi connectivity index (χ1n) is 4.50. The second kappa shape index (κ2) is 3.55. The lowest BCUT2D eigenvalue weighted by Gasteiger charge is -2.21. The molecule has 0 bridgehead atoms. The van der Waals surface area contributed by atoms with Gasteiger partial charge in [-0.15, -0.1) is 0 Å². The van der Waals surface area contributed by atoms with Crippen LogP contribution in [-0.4, -0.2) is 17.0 Å². The molecule has 6 heteroatoms. The number of rotatable bonds is 1. The SMILES string of the molecule is O=C(O)C1Cc2cc(F)c(F)cc2NC1=O. The summed E-state index contributed by atoms with van der Waals surface area (Å²) in [4.78, 5) is 22.0. The van der Waals surface area contributed by atoms with Gasteiger partial charge < -0.3 is 10.4 Å². The summed E-state index contributed by atoms with van der Waals surface area (Å²) < 4.78 is 25.7. The van der Waals surface area contributed by atoms with Gasteiger partial charge in [0.2, 0.25) is 5.91 Å². The molecule has 1 aromatic carbocycles. The van der Waals surface area contributed by atoms with Crippen molar-refractivity contribution in [2.75, 3.05) is 5.32 Å². The second-order valence-electron chi connectivity index (χ2n) is 3.51. The van der Waals surface area contributed by atoms with Gasteiger partial charge in [-0.2, -0.15) is 0 Å². The molecular weight excluding hydrogens is 220 g/mol. The molecule has 1 aliphatic rings. The van der Waals surface area contributed by atoms with Gasteiger partial charge in [-0.3, -0.25) is 9.59 Å². The van der Waals surface area contributed by atoms with Gasteiger partial charge >= 0.3 is 5.97 Å². The van der Waals surface area contributed by atoms with Crippen LogP contribution in [0.2, 0.25) is 0 Å². The number of carbonyl (C=O) groups is 2. The molecular formula is C10H7F2NO3. The largest absolute Gasteiger partial charge is 0.481 e. The summed E-state index contributed by atoms with van der Waals surface area (Å²) in [7, 11) is 0. The maximum absolute atomic E-state index is 12.9. The first-order valence-corrected chi connectivity index (χ1v) is 4.50. The first kappa shape index (κ1) is 10.5. The average Bonchev–Trinajstić information content (AvgIpc) is 2.19. The van der Waals surface area contributed by atoms with Crippen LogP contribution in [0.15, 0.2) is 12.1 Å². The van der Waals surface area contributed by atoms with E-state index >= 15 is 0 Å². The topological polar surface area (TPSA) is 66.4 Å². The van der Waals surface area contributed by atoms with Crippen molar-refractivity contribution in [3.05, 3.63) is 29.3 Å². The monoisotopic (exact) mass is 227 g/mol. The summed E-state index contributed by atoms with van der Waals surface area (Å²) in [5, 5.41) is 11.0. The number of hydrogen-bond acceptors (Lipinski definition) is 2. The number of anilines is 1. The predicted molar refractivity (Wildman–Crippen MR) is 49.8 cm³/mol. The highest BCUT2D eigenvalue weighted by Crippen LogP contribution is 2.27. The van der Waals surface area contributed by atoms with E-state index in [1.807, 2.05) is 0 Å². The standard InChI is InChI=1S/C10H7F2NO3/c11-6-2-4-1-5(10(15)16)9(14)13-8(4)3-7(6)12/h2-3,5H,1H2,(H,13,14)(H,15,16). The minimum atomic E-state index is -1.28. The van der Waals surface area contributed by atoms with Crippen molar-refractivity contribution in [2.24, 2.45) is 5.92 Å². The molecule has 84 valence electrons. The molecule has 2 rings (SSSR count). The van der Waals surface area contributed by atoms with Crippen LogP contribution in [0.4, 0.5) is 14.5 Å². The molecule has 1 aliphatic heterocycles. The van der Waals surface area contributed by atoms with Gasteiger partial charge in [-0.05, 0) is 18.1 Å². The highest BCUT2D eigenvalue weighted by atomic mass is 19.2. The zero-order valence-corrected chi connectivity index (χ0v) is 7.96. The summed E-state index contributed by atoms with van der Waals surface area (Å²) >= 11 is 0. The van der Waals surface area contributed by atoms with Crippen molar-refractivity contribution in [1.29, 1.82) is 0 Å². The highest BCUT2D eigenvalue weighted by molar-refractivity contribution is 6.06. The molecule has 1 heterocycles. The van der Waals surface area contributed by atoms with E-state index in [-0.39, 0.29) is 17.7 Å². The van der Waals surface area contributed by atoms with Crippen molar-refractivity contribution in [2.45, 2.75) is 6.42 Å². The Morgan fingerprint density at radius 3 is 2.62 bits per heavy atom. The Bertz CT molecular complexity index is 487. The summed E-state index contributed by atoms with van der Waals surface area (Å²) in [5.41, 5.74) is 0.410. The van der Waals surface area contributed by atoms with Crippen molar-refractivity contribution in [1.82, 2.24) is 0 Å². The lowest BCUT2D eigenvalue weighted by Crippen LogP contribution is -2.35. The molecule has 0 spiro atoms. The van der Waals surface area contributed by atoms with E-state index in [2.05, 4.69) is 5.32 Å². The number of fused-ring (bicyclic) bond motifs is 1. The molecule has 2 N–H and O–H groups in total. The molecule has 0 aromatic heterocycles. The van der Waals surface area contributed by atoms with Crippen LogP contribution in [0.3, 0.4) is 0 Å². The minimum Gasteiger partial charge on any atom is -0.481 e. The lowest BCUT2D eigenvalue weighted by molar-refractivity contribution is -0.145. The summed E-state index contributed by atoms with van der Waals surface area (Å²) in [6, 6.07) is 1.75. The lowest BCUT2D eigenvalue weighted by atomic mass is 9.93. The number of carboxylic acid groups (broad SMARTS) is 1. The van der Waals surface area contributed by atoms with E-state index in [4.69, 9.17) is 5.11 Å². The number of hydrogen-bond donors (Lipinski definition) is 2. The van der Waals surface area contributed by atoms with Crippen LogP contribution in [0.5, 0.6) is 0 Å². The van der Waals surface area contributed by atoms with E-state index in [0.29, 0.717) is 0 Å². The van der Waals surface area contributed by atoms with Gasteiger partial charge in [0.15, 0.2) is 11.6 Å². The van der Waals surface area contributed by atoms with E-state index in [9.17, 15) is 18.4 Å². The van der Waals surface area contributed by atoms with Crippen molar-refractivity contribution in [3.8, 4) is 0 Å². The molecule has 0 saturated heterocycles. The average molecular weight is 227 g/mol. The third-order valence-corrected chi connectivity index (χ3v) is 2.44. The van der Waals surface area contributed by atoms with Gasteiger partial charge in [-0.25, -0.2) is 8.78 Å². The highest BCUT2D eigenvalue weighted by Gasteiger charge is 2.32. The zero-order chi connectivity index (χ0) is 11.9. The smallest absolute Gasteiger partial charge is 0.316 e.